The van der Waals surface area contributed by atoms with Crippen molar-refractivity contribution in [2.24, 2.45) is 0 Å². The lowest BCUT2D eigenvalue weighted by Crippen LogP contribution is -2.11. The molecule has 0 saturated carbocycles. The Morgan fingerprint density at radius 1 is 1.62 bits per heavy atom. The van der Waals surface area contributed by atoms with E-state index in [0.717, 1.165) is 0 Å². The summed E-state index contributed by atoms with van der Waals surface area (Å²) in [6.45, 7) is 1.55. The van der Waals surface area contributed by atoms with Gasteiger partial charge in [0.05, 0.1) is 5.52 Å². The second kappa shape index (κ2) is 3.66. The van der Waals surface area contributed by atoms with E-state index in [-0.39, 0.29) is 5.69 Å². The van der Waals surface area contributed by atoms with Crippen LogP contribution in [0.1, 0.15) is 24.4 Å². The third-order valence-corrected chi connectivity index (χ3v) is 2.44. The average molecular weight is 215 g/mol. The third-order valence-electron chi connectivity index (χ3n) is 2.44. The second-order valence-corrected chi connectivity index (χ2v) is 3.45. The quantitative estimate of drug-likeness (QED) is 0.821. The van der Waals surface area contributed by atoms with Gasteiger partial charge in [0, 0.05) is 6.20 Å². The lowest BCUT2D eigenvalue weighted by molar-refractivity contribution is -0.138. The highest BCUT2D eigenvalue weighted by atomic mass is 16.4. The van der Waals surface area contributed by atoms with E-state index < -0.39 is 11.9 Å². The van der Waals surface area contributed by atoms with Gasteiger partial charge in [0.25, 0.3) is 0 Å². The van der Waals surface area contributed by atoms with Crippen molar-refractivity contribution in [3.8, 4) is 6.07 Å². The number of rotatable bonds is 2. The Kier molecular flexibility index (Phi) is 2.33. The summed E-state index contributed by atoms with van der Waals surface area (Å²) in [5, 5.41) is 17.8. The van der Waals surface area contributed by atoms with Crippen molar-refractivity contribution in [3.05, 3.63) is 35.9 Å². The van der Waals surface area contributed by atoms with Gasteiger partial charge >= 0.3 is 5.97 Å². The highest BCUT2D eigenvalue weighted by Crippen LogP contribution is 2.19. The van der Waals surface area contributed by atoms with Crippen molar-refractivity contribution in [3.63, 3.8) is 0 Å². The molecule has 80 valence electrons. The number of aromatic nitrogens is 2. The Morgan fingerprint density at radius 2 is 2.38 bits per heavy atom. The van der Waals surface area contributed by atoms with Gasteiger partial charge in [-0.1, -0.05) is 6.07 Å². The first-order valence-electron chi connectivity index (χ1n) is 4.75. The number of nitrogens with zero attached hydrogens (tertiary/aromatic N) is 3. The number of carboxylic acids is 1. The molecule has 0 radical (unpaired) electrons. The molecule has 1 N–H and O–H groups in total. The van der Waals surface area contributed by atoms with Crippen LogP contribution in [0.15, 0.2) is 24.4 Å². The fourth-order valence-electron chi connectivity index (χ4n) is 1.56. The van der Waals surface area contributed by atoms with Crippen LogP contribution < -0.4 is 0 Å². The van der Waals surface area contributed by atoms with Crippen molar-refractivity contribution in [1.82, 2.24) is 9.38 Å². The van der Waals surface area contributed by atoms with Gasteiger partial charge in [0.2, 0.25) is 0 Å². The van der Waals surface area contributed by atoms with E-state index in [9.17, 15) is 4.79 Å². The molecule has 0 bridgehead atoms. The summed E-state index contributed by atoms with van der Waals surface area (Å²) < 4.78 is 1.64. The molecule has 0 aliphatic heterocycles. The normalized spacial score (nSPS) is 12.2. The van der Waals surface area contributed by atoms with E-state index in [0.29, 0.717) is 11.3 Å². The van der Waals surface area contributed by atoms with Gasteiger partial charge in [-0.25, -0.2) is 4.98 Å². The minimum atomic E-state index is -0.958. The number of imidazole rings is 1. The molecule has 0 amide bonds. The van der Waals surface area contributed by atoms with Crippen molar-refractivity contribution in [1.29, 1.82) is 5.26 Å². The predicted octanol–water partition coefficient (Wildman–Crippen LogP) is 1.39. The predicted molar refractivity (Wildman–Crippen MR) is 56.0 cm³/mol. The van der Waals surface area contributed by atoms with Crippen LogP contribution in [0.2, 0.25) is 0 Å². The molecule has 5 heteroatoms. The molecule has 5 nitrogen and oxygen atoms in total. The molecule has 2 aromatic rings. The molecule has 1 atom stereocenters. The molecule has 16 heavy (non-hydrogen) atoms. The van der Waals surface area contributed by atoms with E-state index in [4.69, 9.17) is 10.4 Å². The molecule has 0 aliphatic carbocycles. The Balaban J connectivity index is 2.72. The van der Waals surface area contributed by atoms with Crippen molar-refractivity contribution in [2.45, 2.75) is 12.8 Å². The summed E-state index contributed by atoms with van der Waals surface area (Å²) in [7, 11) is 0. The summed E-state index contributed by atoms with van der Waals surface area (Å²) >= 11 is 0. The third kappa shape index (κ3) is 1.41. The summed E-state index contributed by atoms with van der Waals surface area (Å²) in [5.41, 5.74) is 0.886. The molecular weight excluding hydrogens is 206 g/mol. The number of hydrogen-bond donors (Lipinski definition) is 1. The molecule has 0 saturated heterocycles. The first-order valence-corrected chi connectivity index (χ1v) is 4.75. The van der Waals surface area contributed by atoms with Gasteiger partial charge in [0.15, 0.2) is 5.69 Å². The highest BCUT2D eigenvalue weighted by Gasteiger charge is 2.21. The maximum absolute atomic E-state index is 10.9. The van der Waals surface area contributed by atoms with E-state index in [1.54, 1.807) is 35.7 Å². The molecule has 2 rings (SSSR count). The average Bonchev–Trinajstić information content (AvgIpc) is 2.66. The van der Waals surface area contributed by atoms with Crippen LogP contribution in [-0.4, -0.2) is 20.5 Å². The van der Waals surface area contributed by atoms with Crippen LogP contribution in [0.25, 0.3) is 5.52 Å². The van der Waals surface area contributed by atoms with Crippen LogP contribution >= 0.6 is 0 Å². The number of hydrogen-bond acceptors (Lipinski definition) is 3. The number of fused-ring (bicyclic) bond motifs is 1. The maximum atomic E-state index is 10.9. The maximum Gasteiger partial charge on any atom is 0.313 e. The SMILES string of the molecule is CC(C(=O)O)c1nc(C#N)c2ccccn12. The second-order valence-electron chi connectivity index (χ2n) is 3.45. The standard InChI is InChI=1S/C11H9N3O2/c1-7(11(15)16)10-13-8(6-12)9-4-2-3-5-14(9)10/h2-5,7H,1H3,(H,15,16). The van der Waals surface area contributed by atoms with Crippen LogP contribution in [-0.2, 0) is 4.79 Å². The lowest BCUT2D eigenvalue weighted by atomic mass is 10.2. The van der Waals surface area contributed by atoms with Gasteiger partial charge in [-0.15, -0.1) is 0 Å². The topological polar surface area (TPSA) is 78.4 Å². The van der Waals surface area contributed by atoms with E-state index in [1.165, 1.54) is 0 Å². The van der Waals surface area contributed by atoms with E-state index in [2.05, 4.69) is 4.98 Å². The summed E-state index contributed by atoms with van der Waals surface area (Å²) in [5.74, 6) is -1.32. The summed E-state index contributed by atoms with van der Waals surface area (Å²) in [6.07, 6.45) is 1.71. The highest BCUT2D eigenvalue weighted by molar-refractivity contribution is 5.75. The van der Waals surface area contributed by atoms with Gasteiger partial charge in [-0.3, -0.25) is 4.79 Å². The van der Waals surface area contributed by atoms with E-state index in [1.807, 2.05) is 6.07 Å². The smallest absolute Gasteiger partial charge is 0.313 e. The van der Waals surface area contributed by atoms with Gasteiger partial charge in [0.1, 0.15) is 17.8 Å². The number of nitriles is 1. The molecule has 2 aromatic heterocycles. The molecule has 0 aliphatic rings. The first kappa shape index (κ1) is 10.2. The molecular formula is C11H9N3O2. The Bertz CT molecular complexity index is 595. The summed E-state index contributed by atoms with van der Waals surface area (Å²) in [6, 6.07) is 7.26. The van der Waals surface area contributed by atoms with E-state index >= 15 is 0 Å². The van der Waals surface area contributed by atoms with Gasteiger partial charge in [-0.05, 0) is 19.1 Å². The number of aliphatic carboxylic acids is 1. The number of pyridine rings is 1. The zero-order valence-corrected chi connectivity index (χ0v) is 8.58. The minimum Gasteiger partial charge on any atom is -0.481 e. The molecule has 1 unspecified atom stereocenters. The van der Waals surface area contributed by atoms with Crippen molar-refractivity contribution < 1.29 is 9.90 Å². The van der Waals surface area contributed by atoms with Crippen molar-refractivity contribution in [2.75, 3.05) is 0 Å². The minimum absolute atomic E-state index is 0.253. The fourth-order valence-corrected chi connectivity index (χ4v) is 1.56. The molecule has 0 aromatic carbocycles. The lowest BCUT2D eigenvalue weighted by Gasteiger charge is -2.04. The van der Waals surface area contributed by atoms with Crippen LogP contribution in [0.4, 0.5) is 0 Å². The molecule has 0 spiro atoms. The first-order chi connectivity index (χ1) is 7.65. The number of carbonyl (C=O) groups is 1. The molecule has 0 fully saturated rings. The fraction of sp³-hybridized carbons (Fsp3) is 0.182. The zero-order chi connectivity index (χ0) is 11.7. The van der Waals surface area contributed by atoms with Crippen LogP contribution in [0.5, 0.6) is 0 Å². The summed E-state index contributed by atoms with van der Waals surface area (Å²) in [4.78, 5) is 15.0. The van der Waals surface area contributed by atoms with Gasteiger partial charge in [-0.2, -0.15) is 5.26 Å². The Hall–Kier alpha value is -2.35. The zero-order valence-electron chi connectivity index (χ0n) is 8.58. The monoisotopic (exact) mass is 215 g/mol. The number of carboxylic acid groups (broad SMARTS) is 1. The Morgan fingerprint density at radius 3 is 3.00 bits per heavy atom. The Labute approximate surface area is 91.6 Å². The molecule has 2 heterocycles. The van der Waals surface area contributed by atoms with Crippen LogP contribution in [0, 0.1) is 11.3 Å². The van der Waals surface area contributed by atoms with Crippen LogP contribution in [0.3, 0.4) is 0 Å². The largest absolute Gasteiger partial charge is 0.481 e. The van der Waals surface area contributed by atoms with Crippen molar-refractivity contribution >= 4 is 11.5 Å². The van der Waals surface area contributed by atoms with Gasteiger partial charge < -0.3 is 9.51 Å².